The Morgan fingerprint density at radius 1 is 0.591 bits per heavy atom. The third-order valence-electron chi connectivity index (χ3n) is 4.40. The van der Waals surface area contributed by atoms with Crippen molar-refractivity contribution in [3.05, 3.63) is 55.5 Å². The van der Waals surface area contributed by atoms with Crippen LogP contribution in [0.25, 0.3) is 11.1 Å². The van der Waals surface area contributed by atoms with E-state index in [1.807, 2.05) is 0 Å². The van der Waals surface area contributed by atoms with Gasteiger partial charge in [0, 0.05) is 8.95 Å². The highest BCUT2D eigenvalue weighted by Gasteiger charge is 2.19. The highest BCUT2D eigenvalue weighted by Crippen LogP contribution is 2.40. The molecule has 2 rings (SSSR count). The van der Waals surface area contributed by atoms with Crippen molar-refractivity contribution in [2.75, 3.05) is 0 Å². The van der Waals surface area contributed by atoms with Crippen LogP contribution in [0.3, 0.4) is 0 Å². The van der Waals surface area contributed by atoms with Gasteiger partial charge in [-0.2, -0.15) is 0 Å². The molecule has 2 aromatic carbocycles. The average Bonchev–Trinajstić information content (AvgIpc) is 2.54. The van der Waals surface area contributed by atoms with Crippen LogP contribution in [-0.4, -0.2) is 0 Å². The second-order valence-electron chi connectivity index (χ2n) is 5.53. The van der Waals surface area contributed by atoms with Crippen molar-refractivity contribution in [2.24, 2.45) is 0 Å². The summed E-state index contributed by atoms with van der Waals surface area (Å²) in [5.74, 6) is 0. The summed E-state index contributed by atoms with van der Waals surface area (Å²) < 4.78 is 2.46. The quantitative estimate of drug-likeness (QED) is 0.479. The number of hydrogen-bond donors (Lipinski definition) is 0. The highest BCUT2D eigenvalue weighted by molar-refractivity contribution is 9.10. The van der Waals surface area contributed by atoms with Gasteiger partial charge in [0.25, 0.3) is 0 Å². The standard InChI is InChI=1S/C20H24Br2/c1-5-13-9-11-17(21)15(7-3)19(13)20-14(6-2)10-12-18(22)16(20)8-4/h9-12H,5-8H2,1-4H3. The van der Waals surface area contributed by atoms with Gasteiger partial charge in [0.15, 0.2) is 0 Å². The second-order valence-corrected chi connectivity index (χ2v) is 7.24. The maximum Gasteiger partial charge on any atom is 0.0213 e. The molecule has 22 heavy (non-hydrogen) atoms. The van der Waals surface area contributed by atoms with E-state index in [1.54, 1.807) is 0 Å². The van der Waals surface area contributed by atoms with E-state index in [2.05, 4.69) is 83.8 Å². The molecule has 0 amide bonds. The lowest BCUT2D eigenvalue weighted by molar-refractivity contribution is 1.05. The van der Waals surface area contributed by atoms with E-state index in [9.17, 15) is 0 Å². The Balaban J connectivity index is 2.92. The van der Waals surface area contributed by atoms with Crippen LogP contribution < -0.4 is 0 Å². The maximum atomic E-state index is 3.77. The first-order valence-electron chi connectivity index (χ1n) is 8.19. The van der Waals surface area contributed by atoms with Crippen molar-refractivity contribution in [3.63, 3.8) is 0 Å². The van der Waals surface area contributed by atoms with Crippen molar-refractivity contribution in [1.82, 2.24) is 0 Å². The molecule has 0 fully saturated rings. The minimum Gasteiger partial charge on any atom is -0.0613 e. The molecule has 2 heteroatoms. The normalized spacial score (nSPS) is 11.0. The molecule has 118 valence electrons. The zero-order valence-electron chi connectivity index (χ0n) is 13.9. The van der Waals surface area contributed by atoms with Crippen LogP contribution in [0.15, 0.2) is 33.2 Å². The molecular formula is C20H24Br2. The van der Waals surface area contributed by atoms with Gasteiger partial charge >= 0.3 is 0 Å². The van der Waals surface area contributed by atoms with Gasteiger partial charge in [0.05, 0.1) is 0 Å². The molecule has 0 nitrogen and oxygen atoms in total. The summed E-state index contributed by atoms with van der Waals surface area (Å²) in [5.41, 5.74) is 8.66. The van der Waals surface area contributed by atoms with Gasteiger partial charge in [0.2, 0.25) is 0 Å². The fourth-order valence-corrected chi connectivity index (χ4v) is 4.47. The van der Waals surface area contributed by atoms with E-state index >= 15 is 0 Å². The summed E-state index contributed by atoms with van der Waals surface area (Å²) in [6.45, 7) is 9.00. The van der Waals surface area contributed by atoms with Crippen molar-refractivity contribution >= 4 is 31.9 Å². The molecule has 0 aliphatic carbocycles. The van der Waals surface area contributed by atoms with Crippen LogP contribution >= 0.6 is 31.9 Å². The van der Waals surface area contributed by atoms with Gasteiger partial charge in [-0.1, -0.05) is 71.7 Å². The zero-order valence-corrected chi connectivity index (χ0v) is 17.1. The Bertz CT molecular complexity index is 612. The van der Waals surface area contributed by atoms with E-state index in [0.717, 1.165) is 25.7 Å². The fourth-order valence-electron chi connectivity index (χ4n) is 3.25. The van der Waals surface area contributed by atoms with Crippen LogP contribution in [0.1, 0.15) is 49.9 Å². The zero-order chi connectivity index (χ0) is 16.3. The van der Waals surface area contributed by atoms with E-state index in [-0.39, 0.29) is 0 Å². The molecule has 0 heterocycles. The number of aryl methyl sites for hydroxylation is 2. The largest absolute Gasteiger partial charge is 0.0613 e. The Labute approximate surface area is 151 Å². The van der Waals surface area contributed by atoms with Crippen molar-refractivity contribution in [1.29, 1.82) is 0 Å². The first kappa shape index (κ1) is 17.7. The topological polar surface area (TPSA) is 0 Å². The summed E-state index contributed by atoms with van der Waals surface area (Å²) in [6, 6.07) is 8.96. The van der Waals surface area contributed by atoms with Crippen LogP contribution in [0, 0.1) is 0 Å². The maximum absolute atomic E-state index is 3.77. The Morgan fingerprint density at radius 3 is 1.23 bits per heavy atom. The van der Waals surface area contributed by atoms with Gasteiger partial charge in [-0.05, 0) is 71.2 Å². The lowest BCUT2D eigenvalue weighted by Crippen LogP contribution is -2.02. The average molecular weight is 424 g/mol. The highest BCUT2D eigenvalue weighted by atomic mass is 79.9. The van der Waals surface area contributed by atoms with E-state index in [0.29, 0.717) is 0 Å². The third-order valence-corrected chi connectivity index (χ3v) is 5.89. The van der Waals surface area contributed by atoms with Crippen LogP contribution in [0.2, 0.25) is 0 Å². The van der Waals surface area contributed by atoms with Gasteiger partial charge in [-0.25, -0.2) is 0 Å². The molecule has 0 radical (unpaired) electrons. The lowest BCUT2D eigenvalue weighted by atomic mass is 9.85. The number of rotatable bonds is 5. The monoisotopic (exact) mass is 422 g/mol. The van der Waals surface area contributed by atoms with E-state index in [4.69, 9.17) is 0 Å². The molecule has 0 aliphatic heterocycles. The molecule has 0 unspecified atom stereocenters. The van der Waals surface area contributed by atoms with E-state index < -0.39 is 0 Å². The predicted molar refractivity (Wildman–Crippen MR) is 105 cm³/mol. The Kier molecular flexibility index (Phi) is 6.28. The van der Waals surface area contributed by atoms with Gasteiger partial charge in [-0.15, -0.1) is 0 Å². The summed E-state index contributed by atoms with van der Waals surface area (Å²) >= 11 is 7.54. The minimum atomic E-state index is 1.04. The molecular weight excluding hydrogens is 400 g/mol. The number of halogens is 2. The molecule has 0 spiro atoms. The second kappa shape index (κ2) is 7.79. The van der Waals surface area contributed by atoms with Crippen molar-refractivity contribution in [2.45, 2.75) is 53.4 Å². The summed E-state index contributed by atoms with van der Waals surface area (Å²) in [5, 5.41) is 0. The molecule has 0 saturated heterocycles. The third kappa shape index (κ3) is 3.19. The molecule has 0 bridgehead atoms. The number of benzene rings is 2. The minimum absolute atomic E-state index is 1.04. The summed E-state index contributed by atoms with van der Waals surface area (Å²) in [4.78, 5) is 0. The van der Waals surface area contributed by atoms with Gasteiger partial charge < -0.3 is 0 Å². The van der Waals surface area contributed by atoms with Gasteiger partial charge in [0.1, 0.15) is 0 Å². The molecule has 0 N–H and O–H groups in total. The lowest BCUT2D eigenvalue weighted by Gasteiger charge is -2.22. The molecule has 0 aliphatic rings. The summed E-state index contributed by atoms with van der Waals surface area (Å²) in [6.07, 6.45) is 4.22. The molecule has 0 aromatic heterocycles. The molecule has 0 atom stereocenters. The van der Waals surface area contributed by atoms with Crippen molar-refractivity contribution in [3.8, 4) is 11.1 Å². The first-order valence-corrected chi connectivity index (χ1v) is 9.78. The smallest absolute Gasteiger partial charge is 0.0213 e. The number of hydrogen-bond acceptors (Lipinski definition) is 0. The first-order chi connectivity index (χ1) is 10.6. The molecule has 2 aromatic rings. The van der Waals surface area contributed by atoms with Crippen LogP contribution in [0.4, 0.5) is 0 Å². The molecule has 0 saturated carbocycles. The predicted octanol–water partition coefficient (Wildman–Crippen LogP) is 7.13. The van der Waals surface area contributed by atoms with Crippen molar-refractivity contribution < 1.29 is 0 Å². The SMILES string of the molecule is CCc1ccc(Br)c(CC)c1-c1c(CC)ccc(Br)c1CC. The van der Waals surface area contributed by atoms with Crippen LogP contribution in [-0.2, 0) is 25.7 Å². The van der Waals surface area contributed by atoms with E-state index in [1.165, 1.54) is 42.3 Å². The van der Waals surface area contributed by atoms with Crippen LogP contribution in [0.5, 0.6) is 0 Å². The Morgan fingerprint density at radius 2 is 0.955 bits per heavy atom. The summed E-state index contributed by atoms with van der Waals surface area (Å²) in [7, 11) is 0. The Hall–Kier alpha value is -0.600. The van der Waals surface area contributed by atoms with Gasteiger partial charge in [-0.3, -0.25) is 0 Å². The fraction of sp³-hybridized carbons (Fsp3) is 0.400.